The fraction of sp³-hybridized carbons (Fsp3) is 0.556. The van der Waals surface area contributed by atoms with Crippen LogP contribution in [0.25, 0.3) is 0 Å². The smallest absolute Gasteiger partial charge is 0.328 e. The molecule has 1 rings (SSSR count). The van der Waals surface area contributed by atoms with Crippen molar-refractivity contribution >= 4 is 5.69 Å². The Labute approximate surface area is 86.4 Å². The Morgan fingerprint density at radius 2 is 2.07 bits per heavy atom. The molecule has 6 heteroatoms. The van der Waals surface area contributed by atoms with E-state index in [9.17, 15) is 9.59 Å². The van der Waals surface area contributed by atoms with Gasteiger partial charge < -0.3 is 10.8 Å². The standard InChI is InChI=1S/C9H15N3O3/c10-7-6-12(4-2-1-3-5-13)9(15)11-8(7)14/h6,13H,1-5,10H2,(H,11,14,15). The number of aryl methyl sites for hydroxylation is 1. The van der Waals surface area contributed by atoms with E-state index in [4.69, 9.17) is 10.8 Å². The van der Waals surface area contributed by atoms with Crippen molar-refractivity contribution in [1.82, 2.24) is 9.55 Å². The van der Waals surface area contributed by atoms with Crippen molar-refractivity contribution < 1.29 is 5.11 Å². The Bertz CT molecular complexity index is 421. The number of nitrogen functional groups attached to an aromatic ring is 1. The average Bonchev–Trinajstić information content (AvgIpc) is 2.20. The van der Waals surface area contributed by atoms with Crippen LogP contribution in [0.3, 0.4) is 0 Å². The van der Waals surface area contributed by atoms with E-state index in [0.29, 0.717) is 13.0 Å². The molecule has 1 aromatic heterocycles. The van der Waals surface area contributed by atoms with E-state index in [0.717, 1.165) is 12.8 Å². The number of unbranched alkanes of at least 4 members (excludes halogenated alkanes) is 2. The van der Waals surface area contributed by atoms with Crippen LogP contribution < -0.4 is 17.0 Å². The first-order valence-corrected chi connectivity index (χ1v) is 4.85. The molecule has 0 saturated heterocycles. The zero-order valence-corrected chi connectivity index (χ0v) is 8.40. The van der Waals surface area contributed by atoms with Crippen LogP contribution in [-0.2, 0) is 6.54 Å². The summed E-state index contributed by atoms with van der Waals surface area (Å²) in [5, 5.41) is 8.56. The third-order valence-corrected chi connectivity index (χ3v) is 2.10. The van der Waals surface area contributed by atoms with E-state index in [2.05, 4.69) is 4.98 Å². The van der Waals surface area contributed by atoms with Gasteiger partial charge >= 0.3 is 5.69 Å². The lowest BCUT2D eigenvalue weighted by molar-refractivity contribution is 0.281. The molecule has 0 radical (unpaired) electrons. The van der Waals surface area contributed by atoms with E-state index in [1.54, 1.807) is 0 Å². The van der Waals surface area contributed by atoms with Crippen LogP contribution >= 0.6 is 0 Å². The summed E-state index contributed by atoms with van der Waals surface area (Å²) in [4.78, 5) is 24.3. The lowest BCUT2D eigenvalue weighted by Crippen LogP contribution is -2.31. The first kappa shape index (κ1) is 11.5. The van der Waals surface area contributed by atoms with Gasteiger partial charge in [-0.15, -0.1) is 0 Å². The zero-order valence-electron chi connectivity index (χ0n) is 8.40. The highest BCUT2D eigenvalue weighted by molar-refractivity contribution is 5.30. The van der Waals surface area contributed by atoms with Gasteiger partial charge in [0.2, 0.25) is 0 Å². The summed E-state index contributed by atoms with van der Waals surface area (Å²) in [7, 11) is 0. The average molecular weight is 213 g/mol. The minimum Gasteiger partial charge on any atom is -0.396 e. The fourth-order valence-electron chi connectivity index (χ4n) is 1.26. The third-order valence-electron chi connectivity index (χ3n) is 2.10. The number of aromatic nitrogens is 2. The SMILES string of the molecule is Nc1cn(CCCCCO)c(=O)[nH]c1=O. The van der Waals surface area contributed by atoms with Crippen LogP contribution in [0.1, 0.15) is 19.3 Å². The lowest BCUT2D eigenvalue weighted by atomic mass is 10.2. The van der Waals surface area contributed by atoms with Crippen LogP contribution in [-0.4, -0.2) is 21.3 Å². The Morgan fingerprint density at radius 1 is 1.33 bits per heavy atom. The number of nitrogens with one attached hydrogen (secondary N) is 1. The summed E-state index contributed by atoms with van der Waals surface area (Å²) in [6.45, 7) is 0.655. The summed E-state index contributed by atoms with van der Waals surface area (Å²) in [6.07, 6.45) is 3.67. The topological polar surface area (TPSA) is 101 Å². The predicted molar refractivity (Wildman–Crippen MR) is 56.7 cm³/mol. The molecule has 84 valence electrons. The molecule has 6 nitrogen and oxygen atoms in total. The van der Waals surface area contributed by atoms with Gasteiger partial charge in [0, 0.05) is 19.3 Å². The monoisotopic (exact) mass is 213 g/mol. The second-order valence-electron chi connectivity index (χ2n) is 3.32. The van der Waals surface area contributed by atoms with Crippen molar-refractivity contribution in [3.63, 3.8) is 0 Å². The molecule has 4 N–H and O–H groups in total. The van der Waals surface area contributed by atoms with Crippen molar-refractivity contribution in [2.75, 3.05) is 12.3 Å². The molecular formula is C9H15N3O3. The summed E-state index contributed by atoms with van der Waals surface area (Å²) in [6, 6.07) is 0. The maximum Gasteiger partial charge on any atom is 0.328 e. The number of hydrogen-bond donors (Lipinski definition) is 3. The number of aromatic amines is 1. The number of nitrogens with zero attached hydrogens (tertiary/aromatic N) is 1. The molecule has 1 heterocycles. The van der Waals surface area contributed by atoms with Crippen LogP contribution in [0.15, 0.2) is 15.8 Å². The molecular weight excluding hydrogens is 198 g/mol. The molecule has 1 aromatic rings. The van der Waals surface area contributed by atoms with Gasteiger partial charge in [-0.05, 0) is 19.3 Å². The second-order valence-corrected chi connectivity index (χ2v) is 3.32. The lowest BCUT2D eigenvalue weighted by Gasteiger charge is -2.04. The Kier molecular flexibility index (Phi) is 4.11. The van der Waals surface area contributed by atoms with E-state index in [1.165, 1.54) is 10.8 Å². The van der Waals surface area contributed by atoms with E-state index < -0.39 is 11.2 Å². The number of H-pyrrole nitrogens is 1. The van der Waals surface area contributed by atoms with Gasteiger partial charge in [0.15, 0.2) is 0 Å². The van der Waals surface area contributed by atoms with Crippen LogP contribution in [0.4, 0.5) is 5.69 Å². The number of aliphatic hydroxyl groups is 1. The minimum absolute atomic E-state index is 0.0387. The van der Waals surface area contributed by atoms with Gasteiger partial charge in [-0.25, -0.2) is 4.79 Å². The van der Waals surface area contributed by atoms with Gasteiger partial charge in [0.05, 0.1) is 0 Å². The summed E-state index contributed by atoms with van der Waals surface area (Å²) >= 11 is 0. The molecule has 0 unspecified atom stereocenters. The number of rotatable bonds is 5. The van der Waals surface area contributed by atoms with Gasteiger partial charge in [-0.1, -0.05) is 0 Å². The molecule has 0 fully saturated rings. The van der Waals surface area contributed by atoms with Gasteiger partial charge in [0.25, 0.3) is 5.56 Å². The largest absolute Gasteiger partial charge is 0.396 e. The normalized spacial score (nSPS) is 10.5. The Hall–Kier alpha value is -1.56. The quantitative estimate of drug-likeness (QED) is 0.562. The molecule has 0 aliphatic rings. The number of anilines is 1. The molecule has 0 bridgehead atoms. The number of aliphatic hydroxyl groups excluding tert-OH is 1. The second kappa shape index (κ2) is 5.35. The summed E-state index contributed by atoms with van der Waals surface area (Å²) < 4.78 is 1.37. The molecule has 15 heavy (non-hydrogen) atoms. The van der Waals surface area contributed by atoms with E-state index >= 15 is 0 Å². The summed E-state index contributed by atoms with van der Waals surface area (Å²) in [5.74, 6) is 0. The molecule has 0 amide bonds. The molecule has 0 aromatic carbocycles. The number of nitrogens with two attached hydrogens (primary N) is 1. The molecule has 0 spiro atoms. The first-order valence-electron chi connectivity index (χ1n) is 4.85. The van der Waals surface area contributed by atoms with Gasteiger partial charge in [0.1, 0.15) is 5.69 Å². The van der Waals surface area contributed by atoms with Crippen molar-refractivity contribution in [3.05, 3.63) is 27.0 Å². The highest BCUT2D eigenvalue weighted by Gasteiger charge is 2.00. The molecule has 0 aliphatic heterocycles. The third kappa shape index (κ3) is 3.25. The Balaban J connectivity index is 2.66. The van der Waals surface area contributed by atoms with Gasteiger partial charge in [-0.3, -0.25) is 14.3 Å². The minimum atomic E-state index is -0.549. The van der Waals surface area contributed by atoms with Crippen molar-refractivity contribution in [2.45, 2.75) is 25.8 Å². The fourth-order valence-corrected chi connectivity index (χ4v) is 1.26. The summed E-state index contributed by atoms with van der Waals surface area (Å²) in [5.41, 5.74) is 4.42. The van der Waals surface area contributed by atoms with Crippen LogP contribution in [0.2, 0.25) is 0 Å². The predicted octanol–water partition coefficient (Wildman–Crippen LogP) is -0.719. The van der Waals surface area contributed by atoms with Crippen molar-refractivity contribution in [1.29, 1.82) is 0 Å². The highest BCUT2D eigenvalue weighted by atomic mass is 16.3. The van der Waals surface area contributed by atoms with Crippen molar-refractivity contribution in [3.8, 4) is 0 Å². The maximum atomic E-state index is 11.3. The number of hydrogen-bond acceptors (Lipinski definition) is 4. The maximum absolute atomic E-state index is 11.3. The zero-order chi connectivity index (χ0) is 11.3. The molecule has 0 saturated carbocycles. The van der Waals surface area contributed by atoms with E-state index in [1.807, 2.05) is 0 Å². The molecule has 0 aliphatic carbocycles. The first-order chi connectivity index (χ1) is 7.15. The van der Waals surface area contributed by atoms with Crippen LogP contribution in [0, 0.1) is 0 Å². The Morgan fingerprint density at radius 3 is 2.73 bits per heavy atom. The van der Waals surface area contributed by atoms with Crippen LogP contribution in [0.5, 0.6) is 0 Å². The van der Waals surface area contributed by atoms with E-state index in [-0.39, 0.29) is 12.3 Å². The van der Waals surface area contributed by atoms with Crippen molar-refractivity contribution in [2.24, 2.45) is 0 Å². The van der Waals surface area contributed by atoms with Gasteiger partial charge in [-0.2, -0.15) is 0 Å². The highest BCUT2D eigenvalue weighted by Crippen LogP contribution is 1.97. The molecule has 0 atom stereocenters.